The average molecular weight is 339 g/mol. The molecule has 0 aliphatic rings. The number of anilines is 1. The zero-order valence-electron chi connectivity index (χ0n) is 10.5. The van der Waals surface area contributed by atoms with Gasteiger partial charge in [-0.2, -0.15) is 0 Å². The number of nitro groups is 1. The normalized spacial score (nSPS) is 10.3. The van der Waals surface area contributed by atoms with E-state index in [9.17, 15) is 14.9 Å². The highest BCUT2D eigenvalue weighted by molar-refractivity contribution is 9.10. The summed E-state index contributed by atoms with van der Waals surface area (Å²) in [6.45, 7) is 2.04. The van der Waals surface area contributed by atoms with E-state index in [0.717, 1.165) is 12.0 Å². The van der Waals surface area contributed by atoms with Gasteiger partial charge in [-0.25, -0.2) is 0 Å². The maximum absolute atomic E-state index is 12.0. The molecule has 0 fully saturated rings. The Balaban J connectivity index is 2.17. The second-order valence-electron chi connectivity index (χ2n) is 4.00. The van der Waals surface area contributed by atoms with Crippen molar-refractivity contribution in [3.05, 3.63) is 50.1 Å². The summed E-state index contributed by atoms with van der Waals surface area (Å²) in [5.74, 6) is -0.873. The molecule has 20 heavy (non-hydrogen) atoms. The molecule has 2 N–H and O–H groups in total. The van der Waals surface area contributed by atoms with Crippen molar-refractivity contribution in [3.63, 3.8) is 0 Å². The van der Waals surface area contributed by atoms with Crippen LogP contribution in [0.1, 0.15) is 23.0 Å². The molecule has 0 saturated carbocycles. The Kier molecular flexibility index (Phi) is 4.14. The quantitative estimate of drug-likeness (QED) is 0.660. The van der Waals surface area contributed by atoms with Crippen molar-refractivity contribution in [1.82, 2.24) is 10.2 Å². The Hall–Kier alpha value is -2.22. The van der Waals surface area contributed by atoms with Crippen molar-refractivity contribution in [2.24, 2.45) is 0 Å². The van der Waals surface area contributed by atoms with E-state index in [1.54, 1.807) is 12.1 Å². The monoisotopic (exact) mass is 338 g/mol. The van der Waals surface area contributed by atoms with E-state index in [0.29, 0.717) is 5.69 Å². The maximum atomic E-state index is 12.0. The molecule has 1 amide bonds. The second-order valence-corrected chi connectivity index (χ2v) is 4.79. The van der Waals surface area contributed by atoms with Gasteiger partial charge in [0, 0.05) is 5.69 Å². The van der Waals surface area contributed by atoms with E-state index in [4.69, 9.17) is 0 Å². The fourth-order valence-corrected chi connectivity index (χ4v) is 2.11. The number of hydrogen-bond acceptors (Lipinski definition) is 4. The van der Waals surface area contributed by atoms with Gasteiger partial charge >= 0.3 is 5.82 Å². The molecule has 2 rings (SSSR count). The smallest absolute Gasteiger partial charge is 0.357 e. The molecular weight excluding hydrogens is 328 g/mol. The lowest BCUT2D eigenvalue weighted by atomic mass is 10.1. The van der Waals surface area contributed by atoms with Crippen LogP contribution in [-0.4, -0.2) is 21.0 Å². The first-order chi connectivity index (χ1) is 9.52. The fourth-order valence-electron chi connectivity index (χ4n) is 1.60. The molecule has 0 spiro atoms. The minimum absolute atomic E-state index is 0.0326. The van der Waals surface area contributed by atoms with Gasteiger partial charge in [-0.3, -0.25) is 4.79 Å². The molecule has 0 aliphatic heterocycles. The van der Waals surface area contributed by atoms with Crippen LogP contribution in [0.15, 0.2) is 28.7 Å². The van der Waals surface area contributed by atoms with Crippen molar-refractivity contribution in [2.75, 3.05) is 5.32 Å². The van der Waals surface area contributed by atoms with E-state index < -0.39 is 10.8 Å². The predicted octanol–water partition coefficient (Wildman–Crippen LogP) is 2.90. The van der Waals surface area contributed by atoms with Crippen LogP contribution >= 0.6 is 15.9 Å². The minimum atomic E-state index is -0.649. The minimum Gasteiger partial charge on any atom is -0.358 e. The lowest BCUT2D eigenvalue weighted by Gasteiger charge is -2.04. The maximum Gasteiger partial charge on any atom is 0.357 e. The molecule has 0 aliphatic carbocycles. The van der Waals surface area contributed by atoms with Crippen molar-refractivity contribution in [2.45, 2.75) is 13.3 Å². The third-order valence-electron chi connectivity index (χ3n) is 2.71. The summed E-state index contributed by atoms with van der Waals surface area (Å²) < 4.78 is 0.0326. The second kappa shape index (κ2) is 5.83. The Bertz CT molecular complexity index is 651. The molecule has 8 heteroatoms. The molecule has 0 saturated heterocycles. The molecular formula is C12H11BrN4O3. The molecule has 1 aromatic carbocycles. The Morgan fingerprint density at radius 3 is 2.60 bits per heavy atom. The highest BCUT2D eigenvalue weighted by Crippen LogP contribution is 2.26. The number of nitrogens with zero attached hydrogens (tertiary/aromatic N) is 2. The van der Waals surface area contributed by atoms with E-state index in [-0.39, 0.29) is 16.0 Å². The van der Waals surface area contributed by atoms with Crippen molar-refractivity contribution >= 4 is 33.3 Å². The van der Waals surface area contributed by atoms with Gasteiger partial charge < -0.3 is 15.4 Å². The number of aryl methyl sites for hydroxylation is 1. The Morgan fingerprint density at radius 1 is 1.45 bits per heavy atom. The van der Waals surface area contributed by atoms with E-state index in [1.807, 2.05) is 19.1 Å². The van der Waals surface area contributed by atoms with Crippen LogP contribution in [0.5, 0.6) is 0 Å². The van der Waals surface area contributed by atoms with E-state index in [1.165, 1.54) is 0 Å². The van der Waals surface area contributed by atoms with Crippen LogP contribution in [0.25, 0.3) is 0 Å². The van der Waals surface area contributed by atoms with Gasteiger partial charge in [-0.05, 0) is 45.0 Å². The number of benzene rings is 1. The summed E-state index contributed by atoms with van der Waals surface area (Å²) >= 11 is 2.99. The molecule has 0 radical (unpaired) electrons. The standard InChI is InChI=1S/C12H11BrN4O3/c1-2-7-3-5-8(6-4-7)14-12(18)10-9(13)11(16-15-10)17(19)20/h3-6H,2H2,1H3,(H,14,18)(H,15,16). The number of aromatic amines is 1. The molecule has 0 bridgehead atoms. The van der Waals surface area contributed by atoms with E-state index in [2.05, 4.69) is 31.4 Å². The van der Waals surface area contributed by atoms with Crippen LogP contribution in [0.2, 0.25) is 0 Å². The topological polar surface area (TPSA) is 101 Å². The van der Waals surface area contributed by atoms with Crippen LogP contribution in [-0.2, 0) is 6.42 Å². The number of rotatable bonds is 4. The number of amides is 1. The van der Waals surface area contributed by atoms with Gasteiger partial charge in [-0.1, -0.05) is 24.2 Å². The van der Waals surface area contributed by atoms with Crippen molar-refractivity contribution in [3.8, 4) is 0 Å². The van der Waals surface area contributed by atoms with Crippen LogP contribution in [0.3, 0.4) is 0 Å². The predicted molar refractivity (Wildman–Crippen MR) is 76.7 cm³/mol. The number of aromatic nitrogens is 2. The molecule has 1 aromatic heterocycles. The third kappa shape index (κ3) is 2.85. The summed E-state index contributed by atoms with van der Waals surface area (Å²) in [4.78, 5) is 22.0. The largest absolute Gasteiger partial charge is 0.358 e. The van der Waals surface area contributed by atoms with Gasteiger partial charge in [-0.15, -0.1) is 5.10 Å². The first-order valence-electron chi connectivity index (χ1n) is 5.81. The molecule has 1 heterocycles. The fraction of sp³-hybridized carbons (Fsp3) is 0.167. The molecule has 0 atom stereocenters. The number of hydrogen-bond donors (Lipinski definition) is 2. The highest BCUT2D eigenvalue weighted by atomic mass is 79.9. The zero-order valence-corrected chi connectivity index (χ0v) is 12.1. The zero-order chi connectivity index (χ0) is 14.7. The first-order valence-corrected chi connectivity index (χ1v) is 6.60. The summed E-state index contributed by atoms with van der Waals surface area (Å²) in [6.07, 6.45) is 0.908. The van der Waals surface area contributed by atoms with Gasteiger partial charge in [0.2, 0.25) is 0 Å². The third-order valence-corrected chi connectivity index (χ3v) is 3.46. The van der Waals surface area contributed by atoms with Gasteiger partial charge in [0.25, 0.3) is 5.91 Å². The van der Waals surface area contributed by atoms with Crippen LogP contribution < -0.4 is 5.32 Å². The first kappa shape index (κ1) is 14.2. The summed E-state index contributed by atoms with van der Waals surface area (Å²) in [6, 6.07) is 7.34. The Morgan fingerprint density at radius 2 is 2.10 bits per heavy atom. The SMILES string of the molecule is CCc1ccc(NC(=O)c2n[nH]c([N+](=O)[O-])c2Br)cc1. The summed E-state index contributed by atoms with van der Waals surface area (Å²) in [7, 11) is 0. The molecule has 0 unspecified atom stereocenters. The lowest BCUT2D eigenvalue weighted by Crippen LogP contribution is -2.13. The number of H-pyrrole nitrogens is 1. The number of carbonyl (C=O) groups is 1. The Labute approximate surface area is 122 Å². The van der Waals surface area contributed by atoms with Gasteiger partial charge in [0.1, 0.15) is 4.47 Å². The molecule has 2 aromatic rings. The van der Waals surface area contributed by atoms with Crippen molar-refractivity contribution < 1.29 is 9.72 Å². The van der Waals surface area contributed by atoms with Crippen LogP contribution in [0, 0.1) is 10.1 Å². The molecule has 104 valence electrons. The van der Waals surface area contributed by atoms with Crippen molar-refractivity contribution in [1.29, 1.82) is 0 Å². The number of halogens is 1. The van der Waals surface area contributed by atoms with Gasteiger partial charge in [0.15, 0.2) is 5.69 Å². The summed E-state index contributed by atoms with van der Waals surface area (Å²) in [5, 5.41) is 19.1. The number of nitrogens with one attached hydrogen (secondary N) is 2. The lowest BCUT2D eigenvalue weighted by molar-refractivity contribution is -0.390. The highest BCUT2D eigenvalue weighted by Gasteiger charge is 2.24. The average Bonchev–Trinajstić information content (AvgIpc) is 2.81. The van der Waals surface area contributed by atoms with Crippen LogP contribution in [0.4, 0.5) is 11.5 Å². The summed E-state index contributed by atoms with van der Waals surface area (Å²) in [5.41, 5.74) is 1.70. The molecule has 7 nitrogen and oxygen atoms in total. The van der Waals surface area contributed by atoms with E-state index >= 15 is 0 Å². The number of carbonyl (C=O) groups excluding carboxylic acids is 1. The van der Waals surface area contributed by atoms with Gasteiger partial charge in [0.05, 0.1) is 0 Å².